The van der Waals surface area contributed by atoms with Gasteiger partial charge in [-0.15, -0.1) is 11.3 Å². The Bertz CT molecular complexity index is 1310. The molecule has 0 aliphatic rings. The van der Waals surface area contributed by atoms with Crippen molar-refractivity contribution in [2.24, 2.45) is 0 Å². The Morgan fingerprint density at radius 2 is 1.66 bits per heavy atom. The topological polar surface area (TPSA) is 85.4 Å². The van der Waals surface area contributed by atoms with E-state index < -0.39 is 15.8 Å². The largest absolute Gasteiger partial charge is 0.493 e. The first kappa shape index (κ1) is 29.6. The molecule has 0 bridgehead atoms. The molecule has 0 spiro atoms. The van der Waals surface area contributed by atoms with Crippen molar-refractivity contribution in [3.05, 3.63) is 75.7 Å². The fourth-order valence-electron chi connectivity index (χ4n) is 3.83. The van der Waals surface area contributed by atoms with Crippen molar-refractivity contribution < 1.29 is 31.8 Å². The van der Waals surface area contributed by atoms with Crippen LogP contribution < -0.4 is 9.47 Å². The van der Waals surface area contributed by atoms with E-state index in [1.807, 2.05) is 37.3 Å². The van der Waals surface area contributed by atoms with Crippen molar-refractivity contribution in [2.75, 3.05) is 47.6 Å². The van der Waals surface area contributed by atoms with Crippen molar-refractivity contribution >= 4 is 27.3 Å². The molecule has 0 N–H and O–H groups in total. The van der Waals surface area contributed by atoms with Crippen LogP contribution in [0.5, 0.6) is 11.5 Å². The molecular formula is C27H33FN2O6S2. The van der Waals surface area contributed by atoms with Gasteiger partial charge in [0.2, 0.25) is 15.9 Å². The number of rotatable bonds is 14. The summed E-state index contributed by atoms with van der Waals surface area (Å²) in [5.41, 5.74) is 0.943. The minimum atomic E-state index is -4.06. The van der Waals surface area contributed by atoms with Crippen LogP contribution in [0.4, 0.5) is 4.39 Å². The predicted octanol–water partition coefficient (Wildman–Crippen LogP) is 4.12. The zero-order chi connectivity index (χ0) is 27.7. The summed E-state index contributed by atoms with van der Waals surface area (Å²) in [4.78, 5) is 17.3. The summed E-state index contributed by atoms with van der Waals surface area (Å²) >= 11 is 1.58. The van der Waals surface area contributed by atoms with Gasteiger partial charge in [0.1, 0.15) is 5.82 Å². The van der Waals surface area contributed by atoms with Crippen LogP contribution in [0.1, 0.15) is 15.3 Å². The van der Waals surface area contributed by atoms with E-state index in [0.29, 0.717) is 31.0 Å². The van der Waals surface area contributed by atoms with Crippen LogP contribution in [0.15, 0.2) is 59.5 Å². The molecule has 2 aromatic carbocycles. The number of nitrogens with zero attached hydrogens (tertiary/aromatic N) is 2. The summed E-state index contributed by atoms with van der Waals surface area (Å²) < 4.78 is 57.0. The first-order valence-electron chi connectivity index (χ1n) is 12.0. The van der Waals surface area contributed by atoms with Crippen molar-refractivity contribution in [1.82, 2.24) is 9.21 Å². The Labute approximate surface area is 227 Å². The van der Waals surface area contributed by atoms with E-state index >= 15 is 0 Å². The number of aryl methyl sites for hydroxylation is 1. The molecule has 11 heteroatoms. The minimum absolute atomic E-state index is 0.0242. The number of amides is 1. The standard InChI is InChI=1S/C27H33FN2O6S2/c1-20-5-9-23(37-20)18-29(14-13-21-6-12-25(35-3)26(17-21)36-4)27(31)19-30(15-16-34-2)38(32,33)24-10-7-22(28)8-11-24/h5-12,17H,13-16,18-19H2,1-4H3. The van der Waals surface area contributed by atoms with E-state index in [0.717, 1.165) is 31.8 Å². The van der Waals surface area contributed by atoms with Crippen LogP contribution in [-0.4, -0.2) is 71.1 Å². The third kappa shape index (κ3) is 7.76. The molecular weight excluding hydrogens is 531 g/mol. The molecule has 0 saturated heterocycles. The Morgan fingerprint density at radius 3 is 2.26 bits per heavy atom. The summed E-state index contributed by atoms with van der Waals surface area (Å²) in [5.74, 6) is 0.306. The molecule has 38 heavy (non-hydrogen) atoms. The zero-order valence-corrected chi connectivity index (χ0v) is 23.6. The van der Waals surface area contributed by atoms with E-state index in [2.05, 4.69) is 0 Å². The van der Waals surface area contributed by atoms with Gasteiger partial charge in [-0.05, 0) is 67.4 Å². The number of hydrogen-bond acceptors (Lipinski definition) is 7. The van der Waals surface area contributed by atoms with Gasteiger partial charge < -0.3 is 19.1 Å². The Hall–Kier alpha value is -2.99. The normalized spacial score (nSPS) is 11.5. The first-order chi connectivity index (χ1) is 18.2. The molecule has 206 valence electrons. The average Bonchev–Trinajstić information content (AvgIpc) is 3.33. The third-order valence-electron chi connectivity index (χ3n) is 5.92. The highest BCUT2D eigenvalue weighted by Crippen LogP contribution is 2.28. The van der Waals surface area contributed by atoms with Crippen LogP contribution in [0, 0.1) is 12.7 Å². The van der Waals surface area contributed by atoms with E-state index in [4.69, 9.17) is 14.2 Å². The van der Waals surface area contributed by atoms with Crippen LogP contribution in [0.25, 0.3) is 0 Å². The summed E-state index contributed by atoms with van der Waals surface area (Å²) in [6.45, 7) is 2.40. The van der Waals surface area contributed by atoms with Gasteiger partial charge in [-0.25, -0.2) is 12.8 Å². The number of thiophene rings is 1. The summed E-state index contributed by atoms with van der Waals surface area (Å²) in [5, 5.41) is 0. The second kappa shape index (κ2) is 13.7. The molecule has 0 unspecified atom stereocenters. The number of halogens is 1. The van der Waals surface area contributed by atoms with Crippen molar-refractivity contribution in [2.45, 2.75) is 24.8 Å². The maximum Gasteiger partial charge on any atom is 0.243 e. The minimum Gasteiger partial charge on any atom is -0.493 e. The Balaban J connectivity index is 1.84. The molecule has 1 amide bonds. The maximum absolute atomic E-state index is 13.6. The number of sulfonamides is 1. The van der Waals surface area contributed by atoms with Crippen molar-refractivity contribution in [3.8, 4) is 11.5 Å². The van der Waals surface area contributed by atoms with Gasteiger partial charge in [0.25, 0.3) is 0 Å². The Morgan fingerprint density at radius 1 is 0.947 bits per heavy atom. The lowest BCUT2D eigenvalue weighted by Gasteiger charge is -2.27. The highest BCUT2D eigenvalue weighted by molar-refractivity contribution is 7.89. The molecule has 0 atom stereocenters. The van der Waals surface area contributed by atoms with E-state index in [-0.39, 0.29) is 30.5 Å². The van der Waals surface area contributed by atoms with Gasteiger partial charge in [-0.3, -0.25) is 4.79 Å². The second-order valence-electron chi connectivity index (χ2n) is 8.55. The zero-order valence-electron chi connectivity index (χ0n) is 22.0. The van der Waals surface area contributed by atoms with Gasteiger partial charge >= 0.3 is 0 Å². The summed E-state index contributed by atoms with van der Waals surface area (Å²) in [6, 6.07) is 14.1. The monoisotopic (exact) mass is 564 g/mol. The number of hydrogen-bond donors (Lipinski definition) is 0. The molecule has 1 heterocycles. The molecule has 0 fully saturated rings. The third-order valence-corrected chi connectivity index (χ3v) is 8.77. The molecule has 0 saturated carbocycles. The number of benzene rings is 2. The SMILES string of the molecule is COCCN(CC(=O)N(CCc1ccc(OC)c(OC)c1)Cc1ccc(C)s1)S(=O)(=O)c1ccc(F)cc1. The lowest BCUT2D eigenvalue weighted by molar-refractivity contribution is -0.132. The van der Waals surface area contributed by atoms with E-state index in [1.54, 1.807) is 30.5 Å². The number of carbonyl (C=O) groups excluding carboxylic acids is 1. The van der Waals surface area contributed by atoms with E-state index in [1.165, 1.54) is 19.2 Å². The van der Waals surface area contributed by atoms with Crippen molar-refractivity contribution in [3.63, 3.8) is 0 Å². The lowest BCUT2D eigenvalue weighted by atomic mass is 10.1. The van der Waals surface area contributed by atoms with Gasteiger partial charge in [-0.1, -0.05) is 6.07 Å². The quantitative estimate of drug-likeness (QED) is 0.293. The van der Waals surface area contributed by atoms with Gasteiger partial charge in [-0.2, -0.15) is 4.31 Å². The highest BCUT2D eigenvalue weighted by Gasteiger charge is 2.28. The Kier molecular flexibility index (Phi) is 10.7. The molecule has 3 rings (SSSR count). The summed E-state index contributed by atoms with van der Waals surface area (Å²) in [7, 11) is 0.526. The molecule has 3 aromatic rings. The molecule has 8 nitrogen and oxygen atoms in total. The maximum atomic E-state index is 13.6. The van der Waals surface area contributed by atoms with Crippen LogP contribution in [0.3, 0.4) is 0 Å². The average molecular weight is 565 g/mol. The van der Waals surface area contributed by atoms with Gasteiger partial charge in [0.05, 0.1) is 38.8 Å². The van der Waals surface area contributed by atoms with Crippen LogP contribution >= 0.6 is 11.3 Å². The summed E-state index contributed by atoms with van der Waals surface area (Å²) in [6.07, 6.45) is 0.527. The number of carbonyl (C=O) groups is 1. The number of ether oxygens (including phenoxy) is 3. The van der Waals surface area contributed by atoms with Crippen LogP contribution in [-0.2, 0) is 32.5 Å². The van der Waals surface area contributed by atoms with Crippen molar-refractivity contribution in [1.29, 1.82) is 0 Å². The smallest absolute Gasteiger partial charge is 0.243 e. The van der Waals surface area contributed by atoms with Crippen LogP contribution in [0.2, 0.25) is 0 Å². The molecule has 0 aliphatic carbocycles. The van der Waals surface area contributed by atoms with E-state index in [9.17, 15) is 17.6 Å². The highest BCUT2D eigenvalue weighted by atomic mass is 32.2. The lowest BCUT2D eigenvalue weighted by Crippen LogP contribution is -2.44. The molecule has 0 aliphatic heterocycles. The fourth-order valence-corrected chi connectivity index (χ4v) is 6.11. The fraction of sp³-hybridized carbons (Fsp3) is 0.370. The molecule has 0 radical (unpaired) electrons. The van der Waals surface area contributed by atoms with Gasteiger partial charge in [0, 0.05) is 30.0 Å². The van der Waals surface area contributed by atoms with Gasteiger partial charge in [0.15, 0.2) is 11.5 Å². The number of methoxy groups -OCH3 is 3. The second-order valence-corrected chi connectivity index (χ2v) is 11.9. The predicted molar refractivity (Wildman–Crippen MR) is 145 cm³/mol. The first-order valence-corrected chi connectivity index (χ1v) is 14.2. The molecule has 1 aromatic heterocycles.